The zero-order chi connectivity index (χ0) is 15.9. The van der Waals surface area contributed by atoms with Gasteiger partial charge in [-0.1, -0.05) is 6.07 Å². The molecule has 1 aliphatic heterocycles. The van der Waals surface area contributed by atoms with Gasteiger partial charge in [0.15, 0.2) is 0 Å². The average molecular weight is 309 g/mol. The molecular weight excluding hydrogens is 290 g/mol. The van der Waals surface area contributed by atoms with Crippen molar-refractivity contribution in [3.63, 3.8) is 0 Å². The number of hydrogen-bond donors (Lipinski definition) is 2. The Morgan fingerprint density at radius 3 is 2.83 bits per heavy atom. The second-order valence-electron chi connectivity index (χ2n) is 6.41. The first-order valence-electron chi connectivity index (χ1n) is 7.82. The second kappa shape index (κ2) is 5.35. The summed E-state index contributed by atoms with van der Waals surface area (Å²) in [6.07, 6.45) is 5.87. The fraction of sp³-hybridized carbons (Fsp3) is 0.333. The fourth-order valence-corrected chi connectivity index (χ4v) is 2.82. The van der Waals surface area contributed by atoms with Crippen molar-refractivity contribution < 1.29 is 9.84 Å². The smallest absolute Gasteiger partial charge is 0.132 e. The van der Waals surface area contributed by atoms with Crippen molar-refractivity contribution in [2.75, 3.05) is 25.5 Å². The molecule has 4 rings (SSSR count). The lowest BCUT2D eigenvalue weighted by Crippen LogP contribution is -2.17. The van der Waals surface area contributed by atoms with Gasteiger partial charge in [-0.2, -0.15) is 0 Å². The highest BCUT2D eigenvalue weighted by atomic mass is 16.5. The van der Waals surface area contributed by atoms with E-state index in [9.17, 15) is 5.11 Å². The zero-order valence-electron chi connectivity index (χ0n) is 12.8. The Hall–Kier alpha value is -2.40. The second-order valence-corrected chi connectivity index (χ2v) is 6.41. The van der Waals surface area contributed by atoms with Crippen LogP contribution >= 0.6 is 0 Å². The summed E-state index contributed by atoms with van der Waals surface area (Å²) in [7, 11) is 0. The van der Waals surface area contributed by atoms with Gasteiger partial charge in [-0.3, -0.25) is 4.99 Å². The maximum Gasteiger partial charge on any atom is 0.132 e. The van der Waals surface area contributed by atoms with Gasteiger partial charge in [-0.05, 0) is 42.2 Å². The Labute approximate surface area is 134 Å². The molecule has 3 N–H and O–H groups in total. The van der Waals surface area contributed by atoms with Crippen LogP contribution in [-0.4, -0.2) is 36.1 Å². The van der Waals surface area contributed by atoms with Crippen LogP contribution < -0.4 is 10.5 Å². The third kappa shape index (κ3) is 2.68. The number of aromatic nitrogens is 1. The highest BCUT2D eigenvalue weighted by Gasteiger charge is 2.43. The van der Waals surface area contributed by atoms with Gasteiger partial charge in [0, 0.05) is 23.1 Å². The lowest BCUT2D eigenvalue weighted by molar-refractivity contribution is 0.147. The van der Waals surface area contributed by atoms with E-state index in [-0.39, 0.29) is 12.0 Å². The maximum absolute atomic E-state index is 9.42. The molecule has 1 aliphatic carbocycles. The summed E-state index contributed by atoms with van der Waals surface area (Å²) in [5.41, 5.74) is 8.98. The van der Waals surface area contributed by atoms with Crippen LogP contribution in [0.5, 0.6) is 5.75 Å². The molecule has 0 bridgehead atoms. The molecule has 0 saturated heterocycles. The van der Waals surface area contributed by atoms with Gasteiger partial charge in [-0.15, -0.1) is 0 Å². The quantitative estimate of drug-likeness (QED) is 0.889. The topological polar surface area (TPSA) is 80.7 Å². The SMILES string of the molecule is Nc1cc(OCC2(CO)CC2)c2ccc(C3=CC=NC3)cc2n1. The highest BCUT2D eigenvalue weighted by Crippen LogP contribution is 2.45. The van der Waals surface area contributed by atoms with Gasteiger partial charge < -0.3 is 15.6 Å². The monoisotopic (exact) mass is 309 g/mol. The third-order valence-electron chi connectivity index (χ3n) is 4.63. The van der Waals surface area contributed by atoms with Crippen molar-refractivity contribution in [2.24, 2.45) is 10.4 Å². The number of ether oxygens (including phenoxy) is 1. The Morgan fingerprint density at radius 2 is 2.13 bits per heavy atom. The minimum absolute atomic E-state index is 0.0592. The van der Waals surface area contributed by atoms with Gasteiger partial charge in [0.1, 0.15) is 11.6 Å². The van der Waals surface area contributed by atoms with Crippen LogP contribution in [0.25, 0.3) is 16.5 Å². The van der Waals surface area contributed by atoms with E-state index in [1.807, 2.05) is 24.4 Å². The van der Waals surface area contributed by atoms with Crippen molar-refractivity contribution >= 4 is 28.5 Å². The highest BCUT2D eigenvalue weighted by molar-refractivity contribution is 5.94. The predicted octanol–water partition coefficient (Wildman–Crippen LogP) is 2.44. The number of aliphatic hydroxyl groups excluding tert-OH is 1. The van der Waals surface area contributed by atoms with Crippen LogP contribution in [0.15, 0.2) is 35.3 Å². The van der Waals surface area contributed by atoms with Gasteiger partial charge in [0.25, 0.3) is 0 Å². The molecule has 0 radical (unpaired) electrons. The number of benzene rings is 1. The van der Waals surface area contributed by atoms with E-state index < -0.39 is 0 Å². The van der Waals surface area contributed by atoms with Gasteiger partial charge >= 0.3 is 0 Å². The van der Waals surface area contributed by atoms with Crippen LogP contribution in [0.4, 0.5) is 5.82 Å². The van der Waals surface area contributed by atoms with Crippen LogP contribution in [0, 0.1) is 5.41 Å². The molecule has 0 spiro atoms. The van der Waals surface area contributed by atoms with Gasteiger partial charge in [-0.25, -0.2) is 4.98 Å². The molecule has 5 heteroatoms. The molecular formula is C18H19N3O2. The van der Waals surface area contributed by atoms with E-state index in [1.54, 1.807) is 6.07 Å². The molecule has 2 heterocycles. The summed E-state index contributed by atoms with van der Waals surface area (Å²) in [6, 6.07) is 7.86. The number of nitrogen functional groups attached to an aromatic ring is 1. The molecule has 118 valence electrons. The van der Waals surface area contributed by atoms with Crippen LogP contribution in [0.3, 0.4) is 0 Å². The van der Waals surface area contributed by atoms with Crippen molar-refractivity contribution in [2.45, 2.75) is 12.8 Å². The molecule has 5 nitrogen and oxygen atoms in total. The Balaban J connectivity index is 1.67. The first-order valence-corrected chi connectivity index (χ1v) is 7.82. The molecule has 1 saturated carbocycles. The summed E-state index contributed by atoms with van der Waals surface area (Å²) in [5.74, 6) is 1.17. The van der Waals surface area contributed by atoms with E-state index in [1.165, 1.54) is 5.57 Å². The van der Waals surface area contributed by atoms with Crippen molar-refractivity contribution in [3.05, 3.63) is 35.9 Å². The van der Waals surface area contributed by atoms with Gasteiger partial charge in [0.2, 0.25) is 0 Å². The van der Waals surface area contributed by atoms with E-state index in [0.29, 0.717) is 19.0 Å². The molecule has 2 aromatic rings. The zero-order valence-corrected chi connectivity index (χ0v) is 12.8. The number of nitrogens with two attached hydrogens (primary N) is 1. The van der Waals surface area contributed by atoms with E-state index in [2.05, 4.69) is 16.0 Å². The number of fused-ring (bicyclic) bond motifs is 1. The molecule has 1 fully saturated rings. The molecule has 0 atom stereocenters. The first-order chi connectivity index (χ1) is 11.2. The maximum atomic E-state index is 9.42. The number of aliphatic imine (C=N–C) groups is 1. The number of nitrogens with zero attached hydrogens (tertiary/aromatic N) is 2. The Bertz CT molecular complexity index is 822. The van der Waals surface area contributed by atoms with Crippen molar-refractivity contribution in [1.29, 1.82) is 0 Å². The molecule has 1 aromatic carbocycles. The first kappa shape index (κ1) is 14.2. The largest absolute Gasteiger partial charge is 0.492 e. The molecule has 0 unspecified atom stereocenters. The number of rotatable bonds is 5. The number of hydrogen-bond acceptors (Lipinski definition) is 5. The van der Waals surface area contributed by atoms with Crippen LogP contribution in [0.1, 0.15) is 18.4 Å². The van der Waals surface area contributed by atoms with Crippen LogP contribution in [0.2, 0.25) is 0 Å². The summed E-state index contributed by atoms with van der Waals surface area (Å²) in [4.78, 5) is 8.65. The summed E-state index contributed by atoms with van der Waals surface area (Å²) >= 11 is 0. The fourth-order valence-electron chi connectivity index (χ4n) is 2.82. The minimum atomic E-state index is -0.0592. The van der Waals surface area contributed by atoms with Crippen LogP contribution in [-0.2, 0) is 0 Å². The predicted molar refractivity (Wildman–Crippen MR) is 91.7 cm³/mol. The standard InChI is InChI=1S/C18H19N3O2/c19-17-8-16(23-11-18(10-22)4-5-18)14-2-1-12(7-15(14)21-17)13-3-6-20-9-13/h1-3,6-8,22H,4-5,9-11H2,(H2,19,21). The lowest BCUT2D eigenvalue weighted by Gasteiger charge is -2.15. The normalized spacial score (nSPS) is 18.2. The molecule has 23 heavy (non-hydrogen) atoms. The van der Waals surface area contributed by atoms with E-state index >= 15 is 0 Å². The number of aliphatic hydroxyl groups is 1. The van der Waals surface area contributed by atoms with E-state index in [0.717, 1.165) is 35.1 Å². The number of allylic oxidation sites excluding steroid dienone is 1. The summed E-state index contributed by atoms with van der Waals surface area (Å²) < 4.78 is 5.96. The Morgan fingerprint density at radius 1 is 1.26 bits per heavy atom. The molecule has 1 aromatic heterocycles. The lowest BCUT2D eigenvalue weighted by atomic mass is 10.0. The van der Waals surface area contributed by atoms with Crippen molar-refractivity contribution in [3.8, 4) is 5.75 Å². The summed E-state index contributed by atoms with van der Waals surface area (Å²) in [6.45, 7) is 1.39. The number of pyridine rings is 1. The average Bonchev–Trinajstić information content (AvgIpc) is 3.13. The van der Waals surface area contributed by atoms with E-state index in [4.69, 9.17) is 10.5 Å². The minimum Gasteiger partial charge on any atom is -0.492 e. The third-order valence-corrected chi connectivity index (χ3v) is 4.63. The molecule has 0 amide bonds. The molecule has 2 aliphatic rings. The summed E-state index contributed by atoms with van der Waals surface area (Å²) in [5, 5.41) is 10.4. The van der Waals surface area contributed by atoms with Gasteiger partial charge in [0.05, 0.1) is 25.3 Å². The number of anilines is 1. The van der Waals surface area contributed by atoms with Crippen molar-refractivity contribution in [1.82, 2.24) is 4.98 Å². The Kier molecular flexibility index (Phi) is 3.31.